The first-order chi connectivity index (χ1) is 12.0. The van der Waals surface area contributed by atoms with Gasteiger partial charge in [0.1, 0.15) is 0 Å². The summed E-state index contributed by atoms with van der Waals surface area (Å²) in [6.07, 6.45) is 5.72. The molecule has 2 aliphatic rings. The molecule has 5 nitrogen and oxygen atoms in total. The first-order valence-corrected chi connectivity index (χ1v) is 9.52. The molecule has 2 fully saturated rings. The maximum absolute atomic E-state index is 12.4. The molecule has 1 heterocycles. The molecule has 1 saturated heterocycles. The van der Waals surface area contributed by atoms with Gasteiger partial charge in [-0.05, 0) is 48.4 Å². The summed E-state index contributed by atoms with van der Waals surface area (Å²) in [5.74, 6) is -0.207. The molecule has 1 aliphatic carbocycles. The Morgan fingerprint density at radius 1 is 1.24 bits per heavy atom. The maximum Gasteiger partial charge on any atom is 0.293 e. The lowest BCUT2D eigenvalue weighted by atomic mass is 10.1. The van der Waals surface area contributed by atoms with E-state index >= 15 is 0 Å². The third-order valence-corrected chi connectivity index (χ3v) is 5.56. The summed E-state index contributed by atoms with van der Waals surface area (Å²) >= 11 is 6.76. The van der Waals surface area contributed by atoms with Gasteiger partial charge in [-0.1, -0.05) is 36.6 Å². The minimum atomic E-state index is -0.319. The third-order valence-electron chi connectivity index (χ3n) is 4.40. The Bertz CT molecular complexity index is 712. The molecule has 1 N–H and O–H groups in total. The van der Waals surface area contributed by atoms with Crippen LogP contribution in [0.25, 0.3) is 6.08 Å². The normalized spacial score (nSPS) is 19.9. The second-order valence-corrected chi connectivity index (χ2v) is 7.59. The predicted molar refractivity (Wildman–Crippen MR) is 99.1 cm³/mol. The van der Waals surface area contributed by atoms with Crippen molar-refractivity contribution < 1.29 is 14.4 Å². The first kappa shape index (κ1) is 18.0. The zero-order valence-corrected chi connectivity index (χ0v) is 15.2. The summed E-state index contributed by atoms with van der Waals surface area (Å²) in [5.41, 5.74) is 0.810. The summed E-state index contributed by atoms with van der Waals surface area (Å²) in [7, 11) is 0. The highest BCUT2D eigenvalue weighted by molar-refractivity contribution is 8.18. The fourth-order valence-corrected chi connectivity index (χ4v) is 4.02. The van der Waals surface area contributed by atoms with Crippen LogP contribution >= 0.6 is 23.4 Å². The van der Waals surface area contributed by atoms with Crippen LogP contribution < -0.4 is 5.32 Å². The van der Waals surface area contributed by atoms with E-state index < -0.39 is 0 Å². The standard InChI is InChI=1S/C18H19ClN2O3S/c19-14-7-5-12(6-8-14)11-15-17(23)21(18(24)25-15)10-9-20-16(22)13-3-1-2-4-13/h5-8,11,13H,1-4,9-10H2,(H,20,22)/b15-11-. The molecule has 1 aromatic carbocycles. The zero-order valence-electron chi connectivity index (χ0n) is 13.7. The molecule has 25 heavy (non-hydrogen) atoms. The topological polar surface area (TPSA) is 66.5 Å². The second-order valence-electron chi connectivity index (χ2n) is 6.16. The molecular weight excluding hydrogens is 360 g/mol. The van der Waals surface area contributed by atoms with Crippen molar-refractivity contribution in [1.29, 1.82) is 0 Å². The minimum Gasteiger partial charge on any atom is -0.354 e. The van der Waals surface area contributed by atoms with E-state index in [9.17, 15) is 14.4 Å². The molecule has 1 saturated carbocycles. The lowest BCUT2D eigenvalue weighted by molar-refractivity contribution is -0.126. The molecule has 7 heteroatoms. The number of hydrogen-bond donors (Lipinski definition) is 1. The highest BCUT2D eigenvalue weighted by atomic mass is 35.5. The number of imide groups is 1. The summed E-state index contributed by atoms with van der Waals surface area (Å²) in [6.45, 7) is 0.489. The number of thioether (sulfide) groups is 1. The quantitative estimate of drug-likeness (QED) is 0.793. The first-order valence-electron chi connectivity index (χ1n) is 8.33. The van der Waals surface area contributed by atoms with Gasteiger partial charge in [0, 0.05) is 24.0 Å². The van der Waals surface area contributed by atoms with Gasteiger partial charge in [-0.2, -0.15) is 0 Å². The van der Waals surface area contributed by atoms with Crippen LogP contribution in [0.3, 0.4) is 0 Å². The number of benzene rings is 1. The number of nitrogens with zero attached hydrogens (tertiary/aromatic N) is 1. The van der Waals surface area contributed by atoms with E-state index in [2.05, 4.69) is 5.32 Å². The Morgan fingerprint density at radius 3 is 2.60 bits per heavy atom. The van der Waals surface area contributed by atoms with Gasteiger partial charge >= 0.3 is 0 Å². The van der Waals surface area contributed by atoms with E-state index in [1.54, 1.807) is 30.3 Å². The number of halogens is 1. The van der Waals surface area contributed by atoms with Gasteiger partial charge in [0.05, 0.1) is 4.91 Å². The monoisotopic (exact) mass is 378 g/mol. The van der Waals surface area contributed by atoms with Gasteiger partial charge < -0.3 is 5.32 Å². The number of rotatable bonds is 5. The van der Waals surface area contributed by atoms with Gasteiger partial charge in [0.25, 0.3) is 11.1 Å². The molecule has 132 valence electrons. The lowest BCUT2D eigenvalue weighted by Gasteiger charge is -2.14. The van der Waals surface area contributed by atoms with E-state index in [1.807, 2.05) is 0 Å². The lowest BCUT2D eigenvalue weighted by Crippen LogP contribution is -2.39. The fourth-order valence-electron chi connectivity index (χ4n) is 3.03. The van der Waals surface area contributed by atoms with Crippen LogP contribution in [0.15, 0.2) is 29.2 Å². The van der Waals surface area contributed by atoms with Gasteiger partial charge in [-0.25, -0.2) is 0 Å². The van der Waals surface area contributed by atoms with E-state index in [1.165, 1.54) is 4.90 Å². The molecule has 0 spiro atoms. The van der Waals surface area contributed by atoms with Crippen LogP contribution in [-0.4, -0.2) is 35.0 Å². The van der Waals surface area contributed by atoms with Crippen molar-refractivity contribution in [3.63, 3.8) is 0 Å². The molecule has 1 aliphatic heterocycles. The number of hydrogen-bond acceptors (Lipinski definition) is 4. The van der Waals surface area contributed by atoms with Crippen LogP contribution in [0.1, 0.15) is 31.2 Å². The van der Waals surface area contributed by atoms with Crippen LogP contribution in [0.2, 0.25) is 5.02 Å². The summed E-state index contributed by atoms with van der Waals surface area (Å²) in [6, 6.07) is 7.04. The molecule has 3 amide bonds. The van der Waals surface area contributed by atoms with Gasteiger partial charge in [-0.15, -0.1) is 0 Å². The van der Waals surface area contributed by atoms with Crippen molar-refractivity contribution in [2.75, 3.05) is 13.1 Å². The molecule has 0 unspecified atom stereocenters. The minimum absolute atomic E-state index is 0.0289. The number of amides is 3. The van der Waals surface area contributed by atoms with Gasteiger partial charge in [-0.3, -0.25) is 19.3 Å². The Hall–Kier alpha value is -1.79. The van der Waals surface area contributed by atoms with E-state index in [0.717, 1.165) is 43.0 Å². The molecule has 0 radical (unpaired) electrons. The van der Waals surface area contributed by atoms with Gasteiger partial charge in [0.2, 0.25) is 5.91 Å². The fraction of sp³-hybridized carbons (Fsp3) is 0.389. The van der Waals surface area contributed by atoms with Crippen molar-refractivity contribution in [1.82, 2.24) is 10.2 Å². The van der Waals surface area contributed by atoms with Crippen molar-refractivity contribution in [3.05, 3.63) is 39.8 Å². The van der Waals surface area contributed by atoms with E-state index in [-0.39, 0.29) is 29.5 Å². The maximum atomic E-state index is 12.4. The average Bonchev–Trinajstić information content (AvgIpc) is 3.21. The van der Waals surface area contributed by atoms with Crippen LogP contribution in [-0.2, 0) is 9.59 Å². The van der Waals surface area contributed by atoms with Crippen LogP contribution in [0, 0.1) is 5.92 Å². The molecule has 0 atom stereocenters. The SMILES string of the molecule is O=C(NCCN1C(=O)S/C(=C\c2ccc(Cl)cc2)C1=O)C1CCCC1. The van der Waals surface area contributed by atoms with Crippen molar-refractivity contribution in [3.8, 4) is 0 Å². The van der Waals surface area contributed by atoms with Crippen molar-refractivity contribution in [2.24, 2.45) is 5.92 Å². The molecule has 0 aromatic heterocycles. The highest BCUT2D eigenvalue weighted by Gasteiger charge is 2.34. The Balaban J connectivity index is 1.55. The second kappa shape index (κ2) is 8.06. The zero-order chi connectivity index (χ0) is 17.8. The number of carbonyl (C=O) groups is 3. The van der Waals surface area contributed by atoms with E-state index in [4.69, 9.17) is 11.6 Å². The summed E-state index contributed by atoms with van der Waals surface area (Å²) < 4.78 is 0. The number of nitrogens with one attached hydrogen (secondary N) is 1. The molecular formula is C18H19ClN2O3S. The molecule has 3 rings (SSSR count). The van der Waals surface area contributed by atoms with E-state index in [0.29, 0.717) is 16.5 Å². The predicted octanol–water partition coefficient (Wildman–Crippen LogP) is 3.68. The Kier molecular flexibility index (Phi) is 5.81. The van der Waals surface area contributed by atoms with Crippen LogP contribution in [0.4, 0.5) is 4.79 Å². The smallest absolute Gasteiger partial charge is 0.293 e. The largest absolute Gasteiger partial charge is 0.354 e. The summed E-state index contributed by atoms with van der Waals surface area (Å²) in [5, 5.41) is 3.14. The highest BCUT2D eigenvalue weighted by Crippen LogP contribution is 2.32. The Labute approximate surface area is 155 Å². The van der Waals surface area contributed by atoms with Gasteiger partial charge in [0.15, 0.2) is 0 Å². The third kappa shape index (κ3) is 4.44. The Morgan fingerprint density at radius 2 is 1.92 bits per heavy atom. The molecule has 0 bridgehead atoms. The average molecular weight is 379 g/mol. The molecule has 1 aromatic rings. The number of carbonyl (C=O) groups excluding carboxylic acids is 3. The van der Waals surface area contributed by atoms with Crippen LogP contribution in [0.5, 0.6) is 0 Å². The summed E-state index contributed by atoms with van der Waals surface area (Å²) in [4.78, 5) is 38.0. The van der Waals surface area contributed by atoms with Crippen molar-refractivity contribution in [2.45, 2.75) is 25.7 Å². The van der Waals surface area contributed by atoms with Crippen molar-refractivity contribution >= 4 is 46.5 Å².